The van der Waals surface area contributed by atoms with Gasteiger partial charge in [-0.05, 0) is 51.4 Å². The number of amides is 2. The van der Waals surface area contributed by atoms with E-state index in [4.69, 9.17) is 10.5 Å². The van der Waals surface area contributed by atoms with E-state index in [1.165, 1.54) is 33.1 Å². The molecule has 2 aromatic heterocycles. The lowest BCUT2D eigenvalue weighted by Crippen LogP contribution is -2.46. The Labute approximate surface area is 435 Å². The molecule has 2 aromatic rings. The van der Waals surface area contributed by atoms with E-state index in [2.05, 4.69) is 99.0 Å². The molecule has 1 saturated heterocycles. The monoisotopic (exact) mass is 1120 g/mol. The van der Waals surface area contributed by atoms with E-state index < -0.39 is 90.7 Å². The average molecular weight is 1120 g/mol. The number of nitrogens with two attached hydrogens (primary N) is 1. The Balaban J connectivity index is 1.27. The number of phosphoric ester groups is 3. The number of nitrogen functional groups attached to an aromatic ring is 1. The summed E-state index contributed by atoms with van der Waals surface area (Å²) in [4.78, 5) is 97.1. The Morgan fingerprint density at radius 2 is 1.50 bits per heavy atom. The quantitative estimate of drug-likeness (QED) is 0.0322. The largest absolute Gasteiger partial charge is 0.790 e. The first kappa shape index (κ1) is 64.8. The van der Waals surface area contributed by atoms with Gasteiger partial charge >= 0.3 is 0 Å². The minimum absolute atomic E-state index is 0.0117. The SMILES string of the molecule is CCCCC/C=C\C/C=C\C/C=C\C/C=C\CCCCC[C@@H](O)CC(=O)SCCNC(=O)CCNC(=O)[C@H](O)C(C)(C)COP(=O)([O-])OP(=O)([O-])OC[C@H]1O[C@@H](n2cnc3c(N)ncnc32)[C@H](O)[C@@H]1OP(=O)([O-])[O-]. The predicted octanol–water partition coefficient (Wildman–Crippen LogP) is 2.81. The molecule has 3 heterocycles. The molecule has 0 aromatic carbocycles. The van der Waals surface area contributed by atoms with Crippen LogP contribution in [0.15, 0.2) is 61.3 Å². The molecule has 8 atom stereocenters. The fraction of sp³-hybridized carbons (Fsp3) is 0.644. The molecule has 1 fully saturated rings. The van der Waals surface area contributed by atoms with Crippen LogP contribution in [0.2, 0.25) is 0 Å². The Morgan fingerprint density at radius 1 is 0.878 bits per heavy atom. The number of rotatable bonds is 37. The summed E-state index contributed by atoms with van der Waals surface area (Å²) in [7, 11) is -17.7. The summed E-state index contributed by atoms with van der Waals surface area (Å²) in [6.45, 7) is 2.17. The van der Waals surface area contributed by atoms with Gasteiger partial charge in [-0.15, -0.1) is 0 Å². The number of ether oxygens (including phenoxy) is 1. The molecule has 0 bridgehead atoms. The fourth-order valence-corrected chi connectivity index (χ4v) is 10.5. The number of allylic oxidation sites excluding steroid dienone is 8. The van der Waals surface area contributed by atoms with Crippen molar-refractivity contribution >= 4 is 69.1 Å². The molecular formula is C45H70N7O18P3S-4. The molecule has 29 heteroatoms. The third kappa shape index (κ3) is 25.1. The second-order valence-electron chi connectivity index (χ2n) is 17.8. The number of hydrogen-bond acceptors (Lipinski definition) is 23. The van der Waals surface area contributed by atoms with Crippen LogP contribution in [0.3, 0.4) is 0 Å². The first-order valence-corrected chi connectivity index (χ1v) is 29.6. The van der Waals surface area contributed by atoms with E-state index in [1.54, 1.807) is 0 Å². The first-order chi connectivity index (χ1) is 34.9. The highest BCUT2D eigenvalue weighted by molar-refractivity contribution is 8.13. The van der Waals surface area contributed by atoms with Crippen LogP contribution in [0, 0.1) is 5.41 Å². The molecule has 1 aliphatic rings. The van der Waals surface area contributed by atoms with Crippen LogP contribution in [0.5, 0.6) is 0 Å². The number of aromatic nitrogens is 4. The average Bonchev–Trinajstić information content (AvgIpc) is 3.89. The predicted molar refractivity (Wildman–Crippen MR) is 266 cm³/mol. The third-order valence-electron chi connectivity index (χ3n) is 11.0. The van der Waals surface area contributed by atoms with E-state index >= 15 is 0 Å². The number of anilines is 1. The van der Waals surface area contributed by atoms with Gasteiger partial charge in [0.2, 0.25) is 11.8 Å². The van der Waals surface area contributed by atoms with Gasteiger partial charge in [-0.25, -0.2) is 19.3 Å². The third-order valence-corrected chi connectivity index (χ3v) is 14.9. The highest BCUT2D eigenvalue weighted by Crippen LogP contribution is 2.56. The first-order valence-electron chi connectivity index (χ1n) is 24.2. The molecule has 1 aliphatic heterocycles. The number of nitrogens with zero attached hydrogens (tertiary/aromatic N) is 4. The molecule has 418 valence electrons. The summed E-state index contributed by atoms with van der Waals surface area (Å²) in [5.74, 6) is -1.36. The lowest BCUT2D eigenvalue weighted by Gasteiger charge is -2.36. The van der Waals surface area contributed by atoms with Crippen molar-refractivity contribution in [1.82, 2.24) is 30.2 Å². The number of nitrogens with one attached hydrogen (secondary N) is 2. The van der Waals surface area contributed by atoms with Gasteiger partial charge in [0.25, 0.3) is 15.6 Å². The van der Waals surface area contributed by atoms with E-state index in [0.717, 1.165) is 80.4 Å². The number of carbonyl (C=O) groups excluding carboxylic acids is 3. The summed E-state index contributed by atoms with van der Waals surface area (Å²) < 4.78 is 60.9. The summed E-state index contributed by atoms with van der Waals surface area (Å²) in [5.41, 5.74) is 4.05. The number of aliphatic hydroxyl groups excluding tert-OH is 3. The molecular weight excluding hydrogens is 1050 g/mol. The molecule has 25 nitrogen and oxygen atoms in total. The molecule has 0 spiro atoms. The van der Waals surface area contributed by atoms with Gasteiger partial charge in [-0.1, -0.05) is 107 Å². The number of fused-ring (bicyclic) bond motifs is 1. The Kier molecular flexibility index (Phi) is 28.8. The number of unbranched alkanes of at least 4 members (excludes halogenated alkanes) is 6. The van der Waals surface area contributed by atoms with Crippen molar-refractivity contribution in [1.29, 1.82) is 0 Å². The van der Waals surface area contributed by atoms with Crippen molar-refractivity contribution in [3.05, 3.63) is 61.3 Å². The second kappa shape index (κ2) is 32.9. The van der Waals surface area contributed by atoms with E-state index in [-0.39, 0.29) is 53.8 Å². The Hall–Kier alpha value is -3.52. The van der Waals surface area contributed by atoms with E-state index in [1.807, 2.05) is 0 Å². The standard InChI is InChI=1S/C45H74N7O18P3S/c1-4-5-6-7-8-9-10-11-12-13-14-15-16-17-18-19-20-21-22-23-33(53)28-36(55)74-27-26-47-35(54)24-25-48-43(58)40(57)45(2,3)30-67-73(64,65)70-72(62,63)66-29-34-39(69-71(59,60)61)38(56)44(68-34)52-32-51-37-41(46)49-31-50-42(37)52/h8-9,11-12,14-15,17-18,31-34,38-40,44,53,56-57H,4-7,10,13,16,19-30H2,1-3H3,(H,47,54)(H,48,58)(H,62,63)(H,64,65)(H2,46,49,50)(H2,59,60,61)/p-4/b9-8-,12-11-,15-14-,18-17-/t33-,34-,38-,39-,40+,44-/m1/s1. The van der Waals surface area contributed by atoms with Gasteiger partial charge in [-0.2, -0.15) is 0 Å². The molecule has 7 N–H and O–H groups in total. The van der Waals surface area contributed by atoms with Crippen LogP contribution in [0.4, 0.5) is 5.82 Å². The number of hydrogen-bond donors (Lipinski definition) is 6. The molecule has 0 aliphatic carbocycles. The number of imidazole rings is 1. The Morgan fingerprint density at radius 3 is 2.14 bits per heavy atom. The van der Waals surface area contributed by atoms with Crippen LogP contribution in [0.25, 0.3) is 11.2 Å². The highest BCUT2D eigenvalue weighted by atomic mass is 32.2. The van der Waals surface area contributed by atoms with Gasteiger partial charge < -0.3 is 74.1 Å². The smallest absolute Gasteiger partial charge is 0.274 e. The molecule has 2 amide bonds. The van der Waals surface area contributed by atoms with Gasteiger partial charge in [0.15, 0.2) is 22.8 Å². The van der Waals surface area contributed by atoms with Gasteiger partial charge in [0.1, 0.15) is 36.3 Å². The molecule has 0 radical (unpaired) electrons. The number of thioether (sulfide) groups is 1. The zero-order chi connectivity index (χ0) is 54.8. The summed E-state index contributed by atoms with van der Waals surface area (Å²) >= 11 is 0.972. The second-order valence-corrected chi connectivity index (χ2v) is 23.0. The van der Waals surface area contributed by atoms with Gasteiger partial charge in [-0.3, -0.25) is 28.1 Å². The zero-order valence-corrected chi connectivity index (χ0v) is 45.3. The minimum Gasteiger partial charge on any atom is -0.790 e. The topological polar surface area (TPSA) is 395 Å². The normalized spacial score (nSPS) is 20.2. The van der Waals surface area contributed by atoms with E-state index in [9.17, 15) is 63.0 Å². The minimum atomic E-state index is -5.94. The van der Waals surface area contributed by atoms with Crippen molar-refractivity contribution in [2.24, 2.45) is 5.41 Å². The van der Waals surface area contributed by atoms with Crippen molar-refractivity contribution in [2.45, 2.75) is 147 Å². The molecule has 0 saturated carbocycles. The van der Waals surface area contributed by atoms with Crippen LogP contribution in [-0.2, 0) is 50.7 Å². The highest BCUT2D eigenvalue weighted by Gasteiger charge is 2.47. The van der Waals surface area contributed by atoms with Crippen LogP contribution >= 0.6 is 35.2 Å². The van der Waals surface area contributed by atoms with Crippen LogP contribution in [-0.4, -0.2) is 114 Å². The number of carbonyl (C=O) groups is 3. The fourth-order valence-electron chi connectivity index (χ4n) is 7.01. The van der Waals surface area contributed by atoms with Crippen molar-refractivity contribution in [3.8, 4) is 0 Å². The summed E-state index contributed by atoms with van der Waals surface area (Å²) in [6, 6.07) is 0. The molecule has 2 unspecified atom stereocenters. The Bertz CT molecular complexity index is 2330. The van der Waals surface area contributed by atoms with Crippen molar-refractivity contribution < 1.29 is 85.6 Å². The van der Waals surface area contributed by atoms with E-state index in [0.29, 0.717) is 6.42 Å². The van der Waals surface area contributed by atoms with Gasteiger partial charge in [0, 0.05) is 37.1 Å². The zero-order valence-electron chi connectivity index (χ0n) is 41.8. The van der Waals surface area contributed by atoms with Crippen molar-refractivity contribution in [2.75, 3.05) is 37.8 Å². The summed E-state index contributed by atoms with van der Waals surface area (Å²) in [6.07, 6.45) is 20.9. The maximum atomic E-state index is 12.7. The molecule has 3 rings (SSSR count). The number of phosphoric acid groups is 3. The molecule has 74 heavy (non-hydrogen) atoms. The lowest BCUT2D eigenvalue weighted by atomic mass is 9.87. The van der Waals surface area contributed by atoms with Gasteiger partial charge in [0.05, 0.1) is 33.5 Å². The van der Waals surface area contributed by atoms with Crippen LogP contribution in [0.1, 0.15) is 117 Å². The summed E-state index contributed by atoms with van der Waals surface area (Å²) in [5, 5.41) is 36.5. The number of aliphatic hydroxyl groups is 3. The lowest BCUT2D eigenvalue weighted by molar-refractivity contribution is -0.347. The maximum Gasteiger partial charge on any atom is 0.274 e. The van der Waals surface area contributed by atoms with Crippen molar-refractivity contribution in [3.63, 3.8) is 0 Å². The maximum absolute atomic E-state index is 12.7. The van der Waals surface area contributed by atoms with Crippen LogP contribution < -0.4 is 35.9 Å².